The molecule has 0 spiro atoms. The van der Waals surface area contributed by atoms with E-state index >= 15 is 0 Å². The van der Waals surface area contributed by atoms with Crippen LogP contribution in [0.1, 0.15) is 30.1 Å². The van der Waals surface area contributed by atoms with E-state index in [0.29, 0.717) is 0 Å². The summed E-state index contributed by atoms with van der Waals surface area (Å²) in [6.07, 6.45) is 1.69. The summed E-state index contributed by atoms with van der Waals surface area (Å²) in [5.74, 6) is -0.442. The van der Waals surface area contributed by atoms with Crippen molar-refractivity contribution in [3.63, 3.8) is 0 Å². The Labute approximate surface area is 136 Å². The molecule has 23 heavy (non-hydrogen) atoms. The fourth-order valence-electron chi connectivity index (χ4n) is 2.60. The zero-order valence-corrected chi connectivity index (χ0v) is 14.3. The van der Waals surface area contributed by atoms with Gasteiger partial charge in [-0.25, -0.2) is 17.9 Å². The Hall–Kier alpha value is -1.64. The highest BCUT2D eigenvalue weighted by molar-refractivity contribution is 7.89. The molecular weight excluding hydrogens is 320 g/mol. The quantitative estimate of drug-likeness (QED) is 0.772. The lowest BCUT2D eigenvalue weighted by atomic mass is 10.0. The Morgan fingerprint density at radius 1 is 1.35 bits per heavy atom. The second-order valence-electron chi connectivity index (χ2n) is 5.47. The third kappa shape index (κ3) is 4.01. The second kappa shape index (κ2) is 7.29. The number of benzene rings is 1. The molecule has 0 aliphatic carbocycles. The topological polar surface area (TPSA) is 93.7 Å². The molecule has 1 heterocycles. The van der Waals surface area contributed by atoms with Crippen LogP contribution in [-0.2, 0) is 14.8 Å². The smallest absolute Gasteiger partial charge is 0.337 e. The lowest BCUT2D eigenvalue weighted by Gasteiger charge is -2.30. The van der Waals surface area contributed by atoms with Crippen LogP contribution in [0.5, 0.6) is 5.75 Å². The number of rotatable bonds is 5. The third-order valence-electron chi connectivity index (χ3n) is 3.94. The molecule has 2 rings (SSSR count). The summed E-state index contributed by atoms with van der Waals surface area (Å²) in [5.41, 5.74) is 0.232. The molecule has 1 aromatic rings. The van der Waals surface area contributed by atoms with Gasteiger partial charge >= 0.3 is 5.97 Å². The number of hydrogen-bond acceptors (Lipinski definition) is 6. The van der Waals surface area contributed by atoms with Crippen LogP contribution in [0.4, 0.5) is 0 Å². The van der Waals surface area contributed by atoms with Gasteiger partial charge < -0.3 is 14.8 Å². The first-order valence-electron chi connectivity index (χ1n) is 7.41. The minimum atomic E-state index is -3.75. The molecule has 0 aromatic heterocycles. The molecule has 0 saturated carbocycles. The zero-order valence-electron chi connectivity index (χ0n) is 13.5. The van der Waals surface area contributed by atoms with Crippen molar-refractivity contribution in [2.45, 2.75) is 36.7 Å². The second-order valence-corrected chi connectivity index (χ2v) is 7.15. The minimum absolute atomic E-state index is 0.00502. The average molecular weight is 342 g/mol. The number of esters is 1. The number of sulfonamides is 1. The highest BCUT2D eigenvalue weighted by Gasteiger charge is 2.28. The highest BCUT2D eigenvalue weighted by Crippen LogP contribution is 2.26. The lowest BCUT2D eigenvalue weighted by Crippen LogP contribution is -2.51. The standard InChI is InChI=1S/C15H22N2O5S/c1-10-12(5-4-8-16-10)17-23(19,20)14-7-6-11(15(18)22-3)9-13(14)21-2/h6-7,9-10,12,16-17H,4-5,8H2,1-3H3. The lowest BCUT2D eigenvalue weighted by molar-refractivity contribution is 0.0600. The van der Waals surface area contributed by atoms with Crippen LogP contribution in [0.3, 0.4) is 0 Å². The SMILES string of the molecule is COC(=O)c1ccc(S(=O)(=O)NC2CCCNC2C)c(OC)c1. The number of methoxy groups -OCH3 is 2. The monoisotopic (exact) mass is 342 g/mol. The van der Waals surface area contributed by atoms with Crippen molar-refractivity contribution in [3.8, 4) is 5.75 Å². The Bertz CT molecular complexity index is 674. The van der Waals surface area contributed by atoms with Crippen LogP contribution in [0.15, 0.2) is 23.1 Å². The van der Waals surface area contributed by atoms with Crippen molar-refractivity contribution in [1.29, 1.82) is 0 Å². The van der Waals surface area contributed by atoms with Gasteiger partial charge in [-0.15, -0.1) is 0 Å². The predicted octanol–water partition coefficient (Wildman–Crippen LogP) is 0.901. The van der Waals surface area contributed by atoms with E-state index in [0.717, 1.165) is 19.4 Å². The molecule has 0 amide bonds. The Morgan fingerprint density at radius 3 is 2.70 bits per heavy atom. The van der Waals surface area contributed by atoms with Gasteiger partial charge in [0.25, 0.3) is 0 Å². The largest absolute Gasteiger partial charge is 0.495 e. The molecule has 0 radical (unpaired) electrons. The molecule has 0 bridgehead atoms. The number of carbonyl (C=O) groups is 1. The highest BCUT2D eigenvalue weighted by atomic mass is 32.2. The molecule has 1 saturated heterocycles. The molecule has 1 aromatic carbocycles. The van der Waals surface area contributed by atoms with E-state index in [-0.39, 0.29) is 28.3 Å². The summed E-state index contributed by atoms with van der Waals surface area (Å²) in [5, 5.41) is 3.25. The minimum Gasteiger partial charge on any atom is -0.495 e. The molecule has 8 heteroatoms. The summed E-state index contributed by atoms with van der Waals surface area (Å²) in [4.78, 5) is 11.6. The first kappa shape index (κ1) is 17.7. The van der Waals surface area contributed by atoms with Crippen LogP contribution in [0, 0.1) is 0 Å². The maximum atomic E-state index is 12.6. The van der Waals surface area contributed by atoms with E-state index in [1.54, 1.807) is 0 Å². The van der Waals surface area contributed by atoms with Crippen LogP contribution in [-0.4, -0.2) is 47.2 Å². The summed E-state index contributed by atoms with van der Waals surface area (Å²) in [6.45, 7) is 2.83. The van der Waals surface area contributed by atoms with E-state index < -0.39 is 16.0 Å². The van der Waals surface area contributed by atoms with Crippen LogP contribution < -0.4 is 14.8 Å². The first-order valence-corrected chi connectivity index (χ1v) is 8.89. The van der Waals surface area contributed by atoms with E-state index in [1.165, 1.54) is 32.4 Å². The van der Waals surface area contributed by atoms with Gasteiger partial charge in [-0.1, -0.05) is 0 Å². The molecule has 1 aliphatic heterocycles. The third-order valence-corrected chi connectivity index (χ3v) is 5.47. The normalized spacial score (nSPS) is 21.7. The number of carbonyl (C=O) groups excluding carboxylic acids is 1. The molecule has 2 unspecified atom stereocenters. The first-order chi connectivity index (χ1) is 10.9. The number of hydrogen-bond donors (Lipinski definition) is 2. The molecule has 1 aliphatic rings. The van der Waals surface area contributed by atoms with Crippen molar-refractivity contribution in [1.82, 2.24) is 10.0 Å². The summed E-state index contributed by atoms with van der Waals surface area (Å²) >= 11 is 0. The molecule has 7 nitrogen and oxygen atoms in total. The molecule has 128 valence electrons. The van der Waals surface area contributed by atoms with Gasteiger partial charge in [0.2, 0.25) is 10.0 Å². The van der Waals surface area contributed by atoms with Crippen LogP contribution in [0.25, 0.3) is 0 Å². The van der Waals surface area contributed by atoms with Crippen LogP contribution in [0.2, 0.25) is 0 Å². The van der Waals surface area contributed by atoms with Gasteiger partial charge in [-0.2, -0.15) is 0 Å². The van der Waals surface area contributed by atoms with Crippen molar-refractivity contribution < 1.29 is 22.7 Å². The van der Waals surface area contributed by atoms with E-state index in [4.69, 9.17) is 4.74 Å². The predicted molar refractivity (Wildman–Crippen MR) is 85.1 cm³/mol. The summed E-state index contributed by atoms with van der Waals surface area (Å²) in [6, 6.07) is 4.00. The molecule has 1 fully saturated rings. The maximum Gasteiger partial charge on any atom is 0.337 e. The fourth-order valence-corrected chi connectivity index (χ4v) is 4.10. The Balaban J connectivity index is 2.29. The number of nitrogens with one attached hydrogen (secondary N) is 2. The Morgan fingerprint density at radius 2 is 2.09 bits per heavy atom. The van der Waals surface area contributed by atoms with Gasteiger partial charge in [0.05, 0.1) is 19.8 Å². The van der Waals surface area contributed by atoms with Crippen molar-refractivity contribution >= 4 is 16.0 Å². The maximum absolute atomic E-state index is 12.6. The molecule has 2 atom stereocenters. The fraction of sp³-hybridized carbons (Fsp3) is 0.533. The van der Waals surface area contributed by atoms with Gasteiger partial charge in [-0.05, 0) is 44.5 Å². The van der Waals surface area contributed by atoms with Crippen molar-refractivity contribution in [2.24, 2.45) is 0 Å². The summed E-state index contributed by atoms with van der Waals surface area (Å²) in [7, 11) is -1.13. The molecular formula is C15H22N2O5S. The van der Waals surface area contributed by atoms with E-state index in [2.05, 4.69) is 14.8 Å². The van der Waals surface area contributed by atoms with Gasteiger partial charge in [0.1, 0.15) is 10.6 Å². The van der Waals surface area contributed by atoms with Crippen molar-refractivity contribution in [3.05, 3.63) is 23.8 Å². The Kier molecular flexibility index (Phi) is 5.61. The zero-order chi connectivity index (χ0) is 17.0. The summed E-state index contributed by atoms with van der Waals surface area (Å²) < 4.78 is 37.8. The van der Waals surface area contributed by atoms with Gasteiger partial charge in [-0.3, -0.25) is 0 Å². The number of ether oxygens (including phenoxy) is 2. The van der Waals surface area contributed by atoms with E-state index in [9.17, 15) is 13.2 Å². The molecule has 2 N–H and O–H groups in total. The van der Waals surface area contributed by atoms with Gasteiger partial charge in [0.15, 0.2) is 0 Å². The van der Waals surface area contributed by atoms with E-state index in [1.807, 2.05) is 6.92 Å². The van der Waals surface area contributed by atoms with Gasteiger partial charge in [0, 0.05) is 12.1 Å². The van der Waals surface area contributed by atoms with Crippen molar-refractivity contribution in [2.75, 3.05) is 20.8 Å². The number of piperidine rings is 1. The average Bonchev–Trinajstić information content (AvgIpc) is 2.55. The van der Waals surface area contributed by atoms with Crippen LogP contribution >= 0.6 is 0 Å².